The highest BCUT2D eigenvalue weighted by Crippen LogP contribution is 2.32. The molecular formula is C18H13Cl3N2OS. The summed E-state index contributed by atoms with van der Waals surface area (Å²) >= 11 is 19.6. The van der Waals surface area contributed by atoms with Crippen molar-refractivity contribution in [3.8, 4) is 10.6 Å². The monoisotopic (exact) mass is 410 g/mol. The maximum absolute atomic E-state index is 12.3. The zero-order chi connectivity index (χ0) is 18.0. The molecule has 0 radical (unpaired) electrons. The fourth-order valence-electron chi connectivity index (χ4n) is 2.29. The summed E-state index contributed by atoms with van der Waals surface area (Å²) in [7, 11) is 0. The second kappa shape index (κ2) is 7.75. The van der Waals surface area contributed by atoms with Crippen molar-refractivity contribution < 1.29 is 4.79 Å². The molecule has 3 rings (SSSR count). The van der Waals surface area contributed by atoms with Gasteiger partial charge in [-0.25, -0.2) is 4.98 Å². The highest BCUT2D eigenvalue weighted by Gasteiger charge is 2.13. The summed E-state index contributed by atoms with van der Waals surface area (Å²) in [5.41, 5.74) is 2.17. The second-order valence-electron chi connectivity index (χ2n) is 5.35. The van der Waals surface area contributed by atoms with Crippen LogP contribution in [-0.4, -0.2) is 10.9 Å². The third-order valence-corrected chi connectivity index (χ3v) is 5.49. The number of halogens is 3. The minimum absolute atomic E-state index is 0.239. The Hall–Kier alpha value is -1.59. The first-order valence-corrected chi connectivity index (χ1v) is 9.34. The second-order valence-corrected chi connectivity index (χ2v) is 7.71. The Balaban J connectivity index is 1.76. The van der Waals surface area contributed by atoms with Crippen LogP contribution < -0.4 is 5.32 Å². The normalized spacial score (nSPS) is 10.7. The molecule has 1 amide bonds. The topological polar surface area (TPSA) is 42.0 Å². The van der Waals surface area contributed by atoms with E-state index >= 15 is 0 Å². The third-order valence-electron chi connectivity index (χ3n) is 3.53. The Morgan fingerprint density at radius 3 is 2.48 bits per heavy atom. The number of carbonyl (C=O) groups excluding carboxylic acids is 1. The summed E-state index contributed by atoms with van der Waals surface area (Å²) in [6, 6.07) is 12.3. The van der Waals surface area contributed by atoms with Gasteiger partial charge in [-0.3, -0.25) is 4.79 Å². The molecule has 0 aliphatic carbocycles. The molecule has 0 saturated carbocycles. The first-order valence-electron chi connectivity index (χ1n) is 7.39. The molecule has 3 aromatic rings. The smallest absolute Gasteiger partial charge is 0.251 e. The molecule has 1 aromatic heterocycles. The van der Waals surface area contributed by atoms with Crippen molar-refractivity contribution in [1.29, 1.82) is 0 Å². The molecule has 1 heterocycles. The number of nitrogens with one attached hydrogen (secondary N) is 1. The number of aromatic nitrogens is 1. The molecule has 128 valence electrons. The SMILES string of the molecule is Cc1nc(-c2ccccc2Cl)sc1CNC(=O)c1cc(Cl)cc(Cl)c1. The standard InChI is InChI=1S/C18H13Cl3N2OS/c1-10-16(25-18(23-10)14-4-2-3-5-15(14)21)9-22-17(24)11-6-12(19)8-13(20)7-11/h2-8H,9H2,1H3,(H,22,24). The van der Waals surface area contributed by atoms with Crippen LogP contribution in [-0.2, 0) is 6.54 Å². The van der Waals surface area contributed by atoms with E-state index in [1.54, 1.807) is 18.2 Å². The van der Waals surface area contributed by atoms with Crippen LogP contribution in [0.15, 0.2) is 42.5 Å². The predicted octanol–water partition coefficient (Wildman–Crippen LogP) is 6.01. The van der Waals surface area contributed by atoms with Crippen molar-refractivity contribution in [2.45, 2.75) is 13.5 Å². The molecule has 0 saturated heterocycles. The van der Waals surface area contributed by atoms with E-state index in [1.165, 1.54) is 11.3 Å². The Kier molecular flexibility index (Phi) is 5.64. The largest absolute Gasteiger partial charge is 0.347 e. The van der Waals surface area contributed by atoms with Crippen LogP contribution in [0.25, 0.3) is 10.6 Å². The minimum Gasteiger partial charge on any atom is -0.347 e. The number of hydrogen-bond acceptors (Lipinski definition) is 3. The molecule has 0 atom stereocenters. The molecule has 1 N–H and O–H groups in total. The van der Waals surface area contributed by atoms with Gasteiger partial charge in [0.25, 0.3) is 5.91 Å². The molecule has 2 aromatic carbocycles. The summed E-state index contributed by atoms with van der Waals surface area (Å²) in [6.45, 7) is 2.28. The molecule has 0 aliphatic rings. The van der Waals surface area contributed by atoms with Crippen LogP contribution in [0.4, 0.5) is 0 Å². The number of rotatable bonds is 4. The van der Waals surface area contributed by atoms with Gasteiger partial charge in [-0.15, -0.1) is 11.3 Å². The first kappa shape index (κ1) is 18.2. The number of aryl methyl sites for hydroxylation is 1. The van der Waals surface area contributed by atoms with Gasteiger partial charge in [-0.2, -0.15) is 0 Å². The lowest BCUT2D eigenvalue weighted by molar-refractivity contribution is 0.0951. The molecule has 0 fully saturated rings. The Morgan fingerprint density at radius 1 is 1.12 bits per heavy atom. The van der Waals surface area contributed by atoms with Gasteiger partial charge in [-0.05, 0) is 31.2 Å². The van der Waals surface area contributed by atoms with Crippen LogP contribution in [0.2, 0.25) is 15.1 Å². The van der Waals surface area contributed by atoms with Gasteiger partial charge in [-0.1, -0.05) is 53.0 Å². The van der Waals surface area contributed by atoms with Crippen molar-refractivity contribution in [1.82, 2.24) is 10.3 Å². The van der Waals surface area contributed by atoms with Gasteiger partial charge in [0.2, 0.25) is 0 Å². The molecule has 0 aliphatic heterocycles. The van der Waals surface area contributed by atoms with Crippen LogP contribution in [0, 0.1) is 6.92 Å². The van der Waals surface area contributed by atoms with E-state index in [-0.39, 0.29) is 5.91 Å². The van der Waals surface area contributed by atoms with Gasteiger partial charge in [0.05, 0.1) is 17.3 Å². The van der Waals surface area contributed by atoms with Crippen molar-refractivity contribution in [3.63, 3.8) is 0 Å². The van der Waals surface area contributed by atoms with Crippen molar-refractivity contribution in [3.05, 3.63) is 73.7 Å². The van der Waals surface area contributed by atoms with E-state index in [0.29, 0.717) is 27.2 Å². The predicted molar refractivity (Wildman–Crippen MR) is 105 cm³/mol. The van der Waals surface area contributed by atoms with E-state index < -0.39 is 0 Å². The van der Waals surface area contributed by atoms with Gasteiger partial charge >= 0.3 is 0 Å². The summed E-state index contributed by atoms with van der Waals surface area (Å²) in [4.78, 5) is 17.8. The van der Waals surface area contributed by atoms with Crippen LogP contribution in [0.5, 0.6) is 0 Å². The minimum atomic E-state index is -0.239. The molecule has 25 heavy (non-hydrogen) atoms. The van der Waals surface area contributed by atoms with Crippen LogP contribution in [0.3, 0.4) is 0 Å². The zero-order valence-electron chi connectivity index (χ0n) is 13.1. The fraction of sp³-hybridized carbons (Fsp3) is 0.111. The van der Waals surface area contributed by atoms with E-state index in [0.717, 1.165) is 21.1 Å². The molecule has 0 spiro atoms. The lowest BCUT2D eigenvalue weighted by Gasteiger charge is -2.05. The molecule has 7 heteroatoms. The number of amides is 1. The van der Waals surface area contributed by atoms with Crippen molar-refractivity contribution in [2.75, 3.05) is 0 Å². The Labute approximate surface area is 164 Å². The summed E-state index contributed by atoms with van der Waals surface area (Å²) in [6.07, 6.45) is 0. The number of nitrogens with zero attached hydrogens (tertiary/aromatic N) is 1. The van der Waals surface area contributed by atoms with E-state index in [9.17, 15) is 4.79 Å². The van der Waals surface area contributed by atoms with Gasteiger partial charge in [0.1, 0.15) is 5.01 Å². The average molecular weight is 412 g/mol. The van der Waals surface area contributed by atoms with Gasteiger partial charge in [0, 0.05) is 26.0 Å². The highest BCUT2D eigenvalue weighted by atomic mass is 35.5. The molecular weight excluding hydrogens is 399 g/mol. The van der Waals surface area contributed by atoms with E-state index in [2.05, 4.69) is 10.3 Å². The molecule has 0 bridgehead atoms. The summed E-state index contributed by atoms with van der Waals surface area (Å²) in [5.74, 6) is -0.239. The van der Waals surface area contributed by atoms with E-state index in [1.807, 2.05) is 31.2 Å². The first-order chi connectivity index (χ1) is 11.9. The number of benzene rings is 2. The maximum atomic E-state index is 12.3. The van der Waals surface area contributed by atoms with Gasteiger partial charge in [0.15, 0.2) is 0 Å². The Morgan fingerprint density at radius 2 is 1.80 bits per heavy atom. The van der Waals surface area contributed by atoms with Crippen LogP contribution >= 0.6 is 46.1 Å². The fourth-order valence-corrected chi connectivity index (χ4v) is 4.14. The average Bonchev–Trinajstić information content (AvgIpc) is 2.93. The quantitative estimate of drug-likeness (QED) is 0.571. The number of carbonyl (C=O) groups is 1. The Bertz CT molecular complexity index is 920. The lowest BCUT2D eigenvalue weighted by atomic mass is 10.2. The summed E-state index contributed by atoms with van der Waals surface area (Å²) < 4.78 is 0. The number of thiazole rings is 1. The number of hydrogen-bond donors (Lipinski definition) is 1. The van der Waals surface area contributed by atoms with Crippen molar-refractivity contribution >= 4 is 52.0 Å². The highest BCUT2D eigenvalue weighted by molar-refractivity contribution is 7.15. The van der Waals surface area contributed by atoms with E-state index in [4.69, 9.17) is 34.8 Å². The molecule has 0 unspecified atom stereocenters. The van der Waals surface area contributed by atoms with Crippen LogP contribution in [0.1, 0.15) is 20.9 Å². The zero-order valence-corrected chi connectivity index (χ0v) is 16.2. The summed E-state index contributed by atoms with van der Waals surface area (Å²) in [5, 5.41) is 5.20. The third kappa shape index (κ3) is 4.33. The molecule has 3 nitrogen and oxygen atoms in total. The lowest BCUT2D eigenvalue weighted by Crippen LogP contribution is -2.22. The van der Waals surface area contributed by atoms with Crippen molar-refractivity contribution in [2.24, 2.45) is 0 Å². The maximum Gasteiger partial charge on any atom is 0.251 e. The van der Waals surface area contributed by atoms with Gasteiger partial charge < -0.3 is 5.32 Å².